The van der Waals surface area contributed by atoms with Crippen LogP contribution in [0.2, 0.25) is 0 Å². The Morgan fingerprint density at radius 2 is 2.12 bits per heavy atom. The molecule has 2 heterocycles. The molecule has 0 saturated carbocycles. The fourth-order valence-corrected chi connectivity index (χ4v) is 2.72. The molecule has 0 bridgehead atoms. The summed E-state index contributed by atoms with van der Waals surface area (Å²) in [7, 11) is 1.47. The van der Waals surface area contributed by atoms with Crippen molar-refractivity contribution in [3.8, 4) is 11.5 Å². The van der Waals surface area contributed by atoms with Crippen LogP contribution in [0.3, 0.4) is 0 Å². The molecule has 8 heteroatoms. The number of nitrogens with zero attached hydrogens (tertiary/aromatic N) is 3. The third-order valence-corrected chi connectivity index (χ3v) is 3.93. The van der Waals surface area contributed by atoms with Crippen LogP contribution in [0.5, 0.6) is 11.5 Å². The van der Waals surface area contributed by atoms with Crippen LogP contribution in [-0.2, 0) is 25.7 Å². The lowest BCUT2D eigenvalue weighted by atomic mass is 10.1. The van der Waals surface area contributed by atoms with Gasteiger partial charge < -0.3 is 9.84 Å². The second-order valence-electron chi connectivity index (χ2n) is 5.63. The summed E-state index contributed by atoms with van der Waals surface area (Å²) in [5.74, 6) is -0.690. The number of benzene rings is 1. The molecule has 1 aliphatic heterocycles. The maximum absolute atomic E-state index is 12.7. The van der Waals surface area contributed by atoms with Gasteiger partial charge in [-0.2, -0.15) is 13.2 Å². The van der Waals surface area contributed by atoms with Crippen LogP contribution in [0.4, 0.5) is 13.2 Å². The first-order valence-electron chi connectivity index (χ1n) is 7.37. The van der Waals surface area contributed by atoms with Crippen LogP contribution in [0.25, 0.3) is 0 Å². The maximum atomic E-state index is 12.7. The molecule has 0 unspecified atom stereocenters. The van der Waals surface area contributed by atoms with Gasteiger partial charge in [0.1, 0.15) is 0 Å². The summed E-state index contributed by atoms with van der Waals surface area (Å²) in [6.07, 6.45) is -2.68. The summed E-state index contributed by atoms with van der Waals surface area (Å²) in [6, 6.07) is 5.07. The topological polar surface area (TPSA) is 58.5 Å². The smallest absolute Gasteiger partial charge is 0.451 e. The molecule has 0 spiro atoms. The molecule has 1 aromatic heterocycles. The molecule has 1 N–H and O–H groups in total. The zero-order valence-corrected chi connectivity index (χ0v) is 13.0. The number of alkyl halides is 3. The van der Waals surface area contributed by atoms with Gasteiger partial charge >= 0.3 is 6.18 Å². The molecule has 0 fully saturated rings. The average molecular weight is 339 g/mol. The molecule has 1 aromatic carbocycles. The number of hydrogen-bond donors (Lipinski definition) is 1. The van der Waals surface area contributed by atoms with Gasteiger partial charge in [-0.1, -0.05) is 6.07 Å². The molecular weight excluding hydrogens is 323 g/mol. The van der Waals surface area contributed by atoms with Gasteiger partial charge in [0.25, 0.3) is 0 Å². The minimum Gasteiger partial charge on any atom is -0.504 e. The van der Waals surface area contributed by atoms with Gasteiger partial charge in [-0.25, -0.2) is 9.97 Å². The maximum Gasteiger partial charge on any atom is 0.451 e. The first-order chi connectivity index (χ1) is 11.4. The lowest BCUT2D eigenvalue weighted by Crippen LogP contribution is -2.31. The zero-order chi connectivity index (χ0) is 17.3. The van der Waals surface area contributed by atoms with E-state index in [2.05, 4.69) is 9.97 Å². The van der Waals surface area contributed by atoms with Crippen LogP contribution >= 0.6 is 0 Å². The molecule has 0 atom stereocenters. The minimum absolute atomic E-state index is 0.0362. The second-order valence-corrected chi connectivity index (χ2v) is 5.63. The largest absolute Gasteiger partial charge is 0.504 e. The number of phenols is 1. The summed E-state index contributed by atoms with van der Waals surface area (Å²) >= 11 is 0. The molecule has 0 radical (unpaired) electrons. The first-order valence-corrected chi connectivity index (χ1v) is 7.37. The predicted molar refractivity (Wildman–Crippen MR) is 79.5 cm³/mol. The van der Waals surface area contributed by atoms with Gasteiger partial charge in [-0.15, -0.1) is 0 Å². The second kappa shape index (κ2) is 6.27. The van der Waals surface area contributed by atoms with E-state index in [1.807, 2.05) is 11.0 Å². The number of methoxy groups -OCH3 is 1. The number of aromatic hydroxyl groups is 1. The van der Waals surface area contributed by atoms with E-state index in [1.165, 1.54) is 13.3 Å². The van der Waals surface area contributed by atoms with Crippen molar-refractivity contribution in [2.24, 2.45) is 0 Å². The van der Waals surface area contributed by atoms with Crippen molar-refractivity contribution in [3.05, 3.63) is 47.0 Å². The summed E-state index contributed by atoms with van der Waals surface area (Å²) in [6.45, 7) is 1.50. The van der Waals surface area contributed by atoms with Crippen molar-refractivity contribution in [2.45, 2.75) is 25.7 Å². The van der Waals surface area contributed by atoms with E-state index in [4.69, 9.17) is 4.74 Å². The SMILES string of the molecule is COc1ccc(CN2CCc3cnc(C(F)(F)F)nc3C2)cc1O. The normalized spacial score (nSPS) is 15.2. The Bertz CT molecular complexity index is 750. The third kappa shape index (κ3) is 3.43. The standard InChI is InChI=1S/C16H16F3N3O2/c1-24-14-3-2-10(6-13(14)23)8-22-5-4-11-7-20-15(16(17,18)19)21-12(11)9-22/h2-3,6-7,23H,4-5,8-9H2,1H3. The van der Waals surface area contributed by atoms with E-state index >= 15 is 0 Å². The fourth-order valence-electron chi connectivity index (χ4n) is 2.72. The van der Waals surface area contributed by atoms with Crippen LogP contribution in [-0.4, -0.2) is 33.6 Å². The van der Waals surface area contributed by atoms with Crippen molar-refractivity contribution >= 4 is 0 Å². The van der Waals surface area contributed by atoms with E-state index in [-0.39, 0.29) is 5.75 Å². The van der Waals surface area contributed by atoms with Crippen LogP contribution in [0.1, 0.15) is 22.6 Å². The minimum atomic E-state index is -4.54. The Hall–Kier alpha value is -2.35. The van der Waals surface area contributed by atoms with E-state index < -0.39 is 12.0 Å². The lowest BCUT2D eigenvalue weighted by molar-refractivity contribution is -0.145. The Morgan fingerprint density at radius 1 is 1.33 bits per heavy atom. The molecule has 2 aromatic rings. The van der Waals surface area contributed by atoms with E-state index in [0.29, 0.717) is 37.5 Å². The molecule has 3 rings (SSSR count). The molecule has 0 saturated heterocycles. The number of fused-ring (bicyclic) bond motifs is 1. The number of ether oxygens (including phenoxy) is 1. The molecular formula is C16H16F3N3O2. The van der Waals surface area contributed by atoms with Gasteiger partial charge in [0.05, 0.1) is 12.8 Å². The Morgan fingerprint density at radius 3 is 2.79 bits per heavy atom. The van der Waals surface area contributed by atoms with E-state index in [9.17, 15) is 18.3 Å². The quantitative estimate of drug-likeness (QED) is 0.932. The monoisotopic (exact) mass is 339 g/mol. The van der Waals surface area contributed by atoms with Crippen molar-refractivity contribution in [1.29, 1.82) is 0 Å². The molecule has 5 nitrogen and oxygen atoms in total. The molecule has 0 aliphatic carbocycles. The summed E-state index contributed by atoms with van der Waals surface area (Å²) < 4.78 is 43.2. The van der Waals surface area contributed by atoms with Crippen molar-refractivity contribution in [2.75, 3.05) is 13.7 Å². The highest BCUT2D eigenvalue weighted by Gasteiger charge is 2.35. The first kappa shape index (κ1) is 16.5. The van der Waals surface area contributed by atoms with Crippen LogP contribution in [0, 0.1) is 0 Å². The number of halogens is 3. The Labute approximate surface area is 136 Å². The van der Waals surface area contributed by atoms with Crippen LogP contribution in [0.15, 0.2) is 24.4 Å². The fraction of sp³-hybridized carbons (Fsp3) is 0.375. The number of hydrogen-bond acceptors (Lipinski definition) is 5. The Kier molecular flexibility index (Phi) is 4.31. The van der Waals surface area contributed by atoms with Gasteiger partial charge in [-0.05, 0) is 29.7 Å². The number of aromatic nitrogens is 2. The summed E-state index contributed by atoms with van der Waals surface area (Å²) in [5, 5.41) is 9.82. The number of phenolic OH excluding ortho intramolecular Hbond substituents is 1. The molecule has 24 heavy (non-hydrogen) atoms. The van der Waals surface area contributed by atoms with Gasteiger partial charge in [-0.3, -0.25) is 4.90 Å². The number of rotatable bonds is 3. The molecule has 1 aliphatic rings. The highest BCUT2D eigenvalue weighted by molar-refractivity contribution is 5.41. The lowest BCUT2D eigenvalue weighted by Gasteiger charge is -2.28. The van der Waals surface area contributed by atoms with Crippen molar-refractivity contribution < 1.29 is 23.0 Å². The van der Waals surface area contributed by atoms with Gasteiger partial charge in [0, 0.05) is 25.8 Å². The predicted octanol–water partition coefficient (Wildman–Crippen LogP) is 2.77. The third-order valence-electron chi connectivity index (χ3n) is 3.93. The highest BCUT2D eigenvalue weighted by atomic mass is 19.4. The van der Waals surface area contributed by atoms with Crippen molar-refractivity contribution in [3.63, 3.8) is 0 Å². The van der Waals surface area contributed by atoms with Crippen molar-refractivity contribution in [1.82, 2.24) is 14.9 Å². The average Bonchev–Trinajstić information content (AvgIpc) is 2.53. The van der Waals surface area contributed by atoms with E-state index in [0.717, 1.165) is 11.1 Å². The Balaban J connectivity index is 1.76. The summed E-state index contributed by atoms with van der Waals surface area (Å²) in [4.78, 5) is 9.06. The zero-order valence-electron chi connectivity index (χ0n) is 13.0. The highest BCUT2D eigenvalue weighted by Crippen LogP contribution is 2.29. The summed E-state index contributed by atoms with van der Waals surface area (Å²) in [5.41, 5.74) is 2.00. The van der Waals surface area contributed by atoms with E-state index in [1.54, 1.807) is 12.1 Å². The molecule has 128 valence electrons. The molecule has 0 amide bonds. The van der Waals surface area contributed by atoms with Gasteiger partial charge in [0.15, 0.2) is 11.5 Å². The van der Waals surface area contributed by atoms with Gasteiger partial charge in [0.2, 0.25) is 5.82 Å². The van der Waals surface area contributed by atoms with Crippen LogP contribution < -0.4 is 4.74 Å².